The van der Waals surface area contributed by atoms with E-state index in [1.807, 2.05) is 0 Å². The number of carbonyl (C=O) groups is 7. The van der Waals surface area contributed by atoms with E-state index >= 15 is 9.59 Å². The Balaban J connectivity index is 1.34. The number of ether oxygens (including phenoxy) is 3. The van der Waals surface area contributed by atoms with Crippen LogP contribution >= 0.6 is 23.2 Å². The molecule has 0 radical (unpaired) electrons. The number of benzene rings is 5. The zero-order chi connectivity index (χ0) is 58.4. The predicted octanol–water partition coefficient (Wildman–Crippen LogP) is 3.07. The molecule has 5 aromatic rings. The van der Waals surface area contributed by atoms with Gasteiger partial charge in [-0.1, -0.05) is 47.8 Å². The van der Waals surface area contributed by atoms with Gasteiger partial charge in [-0.15, -0.1) is 0 Å². The van der Waals surface area contributed by atoms with Gasteiger partial charge in [-0.3, -0.25) is 28.8 Å². The highest BCUT2D eigenvalue weighted by Crippen LogP contribution is 2.47. The van der Waals surface area contributed by atoms with Gasteiger partial charge >= 0.3 is 5.97 Å². The summed E-state index contributed by atoms with van der Waals surface area (Å²) in [6, 6.07) is 3.95. The smallest absolute Gasteiger partial charge is 0.333 e. The zero-order valence-electron chi connectivity index (χ0n) is 43.3. The van der Waals surface area contributed by atoms with Crippen LogP contribution in [0.15, 0.2) is 78.9 Å². The normalized spacial score (nSPS) is 21.3. The molecule has 5 heterocycles. The SMILES string of the molecule is COC(=O)[C@H]1NC(=O)[C@H]2NC(=O)[C@H](NC(=O)[C@@H]3NC(=O)[C@H](CCCCN)NC(=O)[C@H](NC(=O)[C@H](N)CCCCN)Cc4ccc(c(Cl)c4)Oc4cc3cc(c4O)Oc3ccc(cc3Cl)[C@H]2O)c2ccc(O)c(c2)-c2c(O)cc(O)cc21. The fourth-order valence-corrected chi connectivity index (χ4v) is 10.1. The minimum absolute atomic E-state index is 0.0490. The number of hydrogen-bond donors (Lipinski definition) is 14. The number of esters is 1. The van der Waals surface area contributed by atoms with Crippen LogP contribution in [0.1, 0.15) is 90.6 Å². The molecule has 5 aliphatic heterocycles. The van der Waals surface area contributed by atoms with Gasteiger partial charge in [-0.05, 0) is 122 Å². The highest BCUT2D eigenvalue weighted by Gasteiger charge is 2.41. The number of methoxy groups -OCH3 is 1. The molecule has 428 valence electrons. The lowest BCUT2D eigenvalue weighted by Gasteiger charge is -2.31. The van der Waals surface area contributed by atoms with Crippen LogP contribution in [0, 0.1) is 0 Å². The fraction of sp³-hybridized carbons (Fsp3) is 0.327. The molecule has 11 bridgehead atoms. The third-order valence-corrected chi connectivity index (χ3v) is 14.5. The molecule has 26 heteroatoms. The van der Waals surface area contributed by atoms with E-state index in [2.05, 4.69) is 31.9 Å². The maximum absolute atomic E-state index is 15.5. The highest BCUT2D eigenvalue weighted by molar-refractivity contribution is 6.32. The van der Waals surface area contributed by atoms with Gasteiger partial charge in [-0.2, -0.15) is 0 Å². The number of phenols is 4. The summed E-state index contributed by atoms with van der Waals surface area (Å²) in [5.41, 5.74) is 16.7. The number of rotatable bonds is 11. The molecule has 6 amide bonds. The molecule has 0 saturated carbocycles. The zero-order valence-corrected chi connectivity index (χ0v) is 44.8. The lowest BCUT2D eigenvalue weighted by Crippen LogP contribution is -2.57. The summed E-state index contributed by atoms with van der Waals surface area (Å²) in [4.78, 5) is 102. The molecule has 81 heavy (non-hydrogen) atoms. The van der Waals surface area contributed by atoms with Gasteiger partial charge < -0.3 is 88.8 Å². The molecule has 24 nitrogen and oxygen atoms in total. The minimum atomic E-state index is -2.08. The molecule has 0 unspecified atom stereocenters. The summed E-state index contributed by atoms with van der Waals surface area (Å²) >= 11 is 13.6. The number of aromatic hydroxyl groups is 4. The Kier molecular flexibility index (Phi) is 18.4. The van der Waals surface area contributed by atoms with Crippen molar-refractivity contribution in [1.29, 1.82) is 0 Å². The number of carbonyl (C=O) groups excluding carboxylic acids is 7. The van der Waals surface area contributed by atoms with Crippen molar-refractivity contribution < 1.29 is 73.3 Å². The quantitative estimate of drug-likeness (QED) is 0.0667. The molecule has 10 rings (SSSR count). The van der Waals surface area contributed by atoms with Crippen LogP contribution in [0.2, 0.25) is 10.0 Å². The Hall–Kier alpha value is -8.39. The standard InChI is InChI=1S/C55H59Cl2N9O15/c1-79-55(78)45-30-22-28(67)23-37(69)42(30)29-18-25(9-11-36(29)68)43-52(75)66-46(54(77)65-45)47(70)26-10-13-39(32(57)19-26)81-41-21-27-20-40(48(41)71)80-38-12-8-24(16-31(38)56)17-35(62-49(72)33(60)6-2-4-14-58)51(74)61-34(7-3-5-15-59)50(73)63-44(27)53(76)64-43/h8-13,16,18-23,33-35,43-47,67-71H,2-7,14-15,17,58-60H2,1H3,(H,61,74)(H,62,72)(H,63,73)(H,64,76)(H,65,77)(H,66,75)/t33-,34+,35-,43-,44-,45+,46+,47-/m1/s1. The molecule has 0 spiro atoms. The highest BCUT2D eigenvalue weighted by atomic mass is 35.5. The third-order valence-electron chi connectivity index (χ3n) is 13.9. The van der Waals surface area contributed by atoms with Gasteiger partial charge in [-0.25, -0.2) is 4.79 Å². The summed E-state index contributed by atoms with van der Waals surface area (Å²) in [5.74, 6) is -11.0. The van der Waals surface area contributed by atoms with Crippen LogP contribution in [-0.2, 0) is 44.7 Å². The predicted molar refractivity (Wildman–Crippen MR) is 291 cm³/mol. The van der Waals surface area contributed by atoms with E-state index in [9.17, 15) is 49.5 Å². The molecule has 0 fully saturated rings. The fourth-order valence-electron chi connectivity index (χ4n) is 9.58. The van der Waals surface area contributed by atoms with Crippen LogP contribution < -0.4 is 58.6 Å². The number of nitrogens with two attached hydrogens (primary N) is 3. The molecule has 0 aliphatic carbocycles. The maximum atomic E-state index is 15.5. The van der Waals surface area contributed by atoms with Crippen LogP contribution in [0.5, 0.6) is 46.0 Å². The van der Waals surface area contributed by atoms with Crippen molar-refractivity contribution in [3.63, 3.8) is 0 Å². The molecular formula is C55H59Cl2N9O15. The molecule has 17 N–H and O–H groups in total. The first-order valence-electron chi connectivity index (χ1n) is 25.6. The number of aliphatic hydroxyl groups is 1. The van der Waals surface area contributed by atoms with E-state index in [-0.39, 0.29) is 87.2 Å². The second-order valence-corrected chi connectivity index (χ2v) is 20.3. The number of hydrogen-bond acceptors (Lipinski definition) is 18. The van der Waals surface area contributed by atoms with E-state index in [1.165, 1.54) is 42.5 Å². The average molecular weight is 1160 g/mol. The van der Waals surface area contributed by atoms with E-state index in [0.717, 1.165) is 37.4 Å². The van der Waals surface area contributed by atoms with Crippen molar-refractivity contribution in [2.24, 2.45) is 17.2 Å². The number of nitrogens with one attached hydrogen (secondary N) is 6. The lowest BCUT2D eigenvalue weighted by molar-refractivity contribution is -0.146. The molecule has 5 aliphatic rings. The van der Waals surface area contributed by atoms with E-state index < -0.39 is 124 Å². The van der Waals surface area contributed by atoms with Crippen LogP contribution in [0.4, 0.5) is 0 Å². The number of halogens is 2. The first kappa shape index (κ1) is 58.8. The van der Waals surface area contributed by atoms with Gasteiger partial charge in [0.2, 0.25) is 41.2 Å². The summed E-state index contributed by atoms with van der Waals surface area (Å²) in [7, 11) is 0.984. The van der Waals surface area contributed by atoms with Crippen molar-refractivity contribution in [3.05, 3.63) is 117 Å². The first-order chi connectivity index (χ1) is 38.7. The largest absolute Gasteiger partial charge is 0.508 e. The van der Waals surface area contributed by atoms with Crippen LogP contribution in [-0.4, -0.2) is 111 Å². The average Bonchev–Trinajstić information content (AvgIpc) is 3.52. The summed E-state index contributed by atoms with van der Waals surface area (Å²) in [6.45, 7) is 0.563. The number of unbranched alkanes of at least 4 members (excludes halogenated alkanes) is 2. The van der Waals surface area contributed by atoms with Crippen molar-refractivity contribution in [1.82, 2.24) is 31.9 Å². The van der Waals surface area contributed by atoms with Crippen molar-refractivity contribution in [3.8, 4) is 57.1 Å². The van der Waals surface area contributed by atoms with Crippen LogP contribution in [0.25, 0.3) is 11.1 Å². The number of amides is 6. The van der Waals surface area contributed by atoms with Gasteiger partial charge in [0.05, 0.1) is 23.2 Å². The number of aliphatic hydroxyl groups excluding tert-OH is 1. The summed E-state index contributed by atoms with van der Waals surface area (Å²) < 4.78 is 17.4. The van der Waals surface area contributed by atoms with Crippen molar-refractivity contribution in [2.75, 3.05) is 20.2 Å². The molecule has 8 atom stereocenters. The van der Waals surface area contributed by atoms with E-state index in [0.29, 0.717) is 31.4 Å². The Labute approximate surface area is 472 Å². The minimum Gasteiger partial charge on any atom is -0.508 e. The van der Waals surface area contributed by atoms with Gasteiger partial charge in [0.25, 0.3) is 0 Å². The maximum Gasteiger partial charge on any atom is 0.333 e. The van der Waals surface area contributed by atoms with Crippen LogP contribution in [0.3, 0.4) is 0 Å². The number of phenolic OH excluding ortho intramolecular Hbond substituents is 4. The lowest BCUT2D eigenvalue weighted by atomic mass is 9.89. The molecule has 0 saturated heterocycles. The molecule has 0 aromatic heterocycles. The second kappa shape index (κ2) is 25.4. The topological polar surface area (TPSA) is 399 Å². The Morgan fingerprint density at radius 1 is 0.679 bits per heavy atom. The summed E-state index contributed by atoms with van der Waals surface area (Å²) in [5, 5.41) is 73.0. The van der Waals surface area contributed by atoms with E-state index in [4.69, 9.17) is 54.6 Å². The molecular weight excluding hydrogens is 1100 g/mol. The van der Waals surface area contributed by atoms with Crippen molar-refractivity contribution >= 4 is 64.6 Å². The number of fused-ring (bicyclic) bond motifs is 15. The van der Waals surface area contributed by atoms with Crippen molar-refractivity contribution in [2.45, 2.75) is 93.3 Å². The van der Waals surface area contributed by atoms with E-state index in [1.54, 1.807) is 6.07 Å². The van der Waals surface area contributed by atoms with Gasteiger partial charge in [0, 0.05) is 29.2 Å². The van der Waals surface area contributed by atoms with Gasteiger partial charge in [0.1, 0.15) is 65.1 Å². The van der Waals surface area contributed by atoms with Gasteiger partial charge in [0.15, 0.2) is 17.5 Å². The second-order valence-electron chi connectivity index (χ2n) is 19.5. The monoisotopic (exact) mass is 1160 g/mol. The third kappa shape index (κ3) is 13.1. The summed E-state index contributed by atoms with van der Waals surface area (Å²) in [6.07, 6.45) is -0.308. The first-order valence-corrected chi connectivity index (χ1v) is 26.4. The Bertz CT molecular complexity index is 3290. The Morgan fingerprint density at radius 3 is 1.98 bits per heavy atom. The molecule has 5 aromatic carbocycles. The Morgan fingerprint density at radius 2 is 1.31 bits per heavy atom.